The van der Waals surface area contributed by atoms with Crippen LogP contribution in [0.4, 0.5) is 5.69 Å². The van der Waals surface area contributed by atoms with Gasteiger partial charge in [-0.25, -0.2) is 0 Å². The number of carbonyl (C=O) groups excluding carboxylic acids is 2. The summed E-state index contributed by atoms with van der Waals surface area (Å²) in [7, 11) is 3.85. The number of furan rings is 1. The van der Waals surface area contributed by atoms with E-state index in [2.05, 4.69) is 10.6 Å². The maximum absolute atomic E-state index is 11.7. The molecule has 128 valence electrons. The molecular weight excluding hydrogens is 310 g/mol. The number of anilines is 1. The predicted octanol–water partition coefficient (Wildman–Crippen LogP) is 0.812. The second-order valence-electron chi connectivity index (χ2n) is 5.47. The summed E-state index contributed by atoms with van der Waals surface area (Å²) in [5.74, 6) is -1.02. The predicted molar refractivity (Wildman–Crippen MR) is 89.3 cm³/mol. The van der Waals surface area contributed by atoms with E-state index in [4.69, 9.17) is 4.42 Å². The van der Waals surface area contributed by atoms with Crippen LogP contribution in [0.2, 0.25) is 0 Å². The van der Waals surface area contributed by atoms with E-state index in [1.54, 1.807) is 24.3 Å². The largest absolute Gasteiger partial charge is 0.467 e. The number of carbonyl (C=O) groups is 2. The number of rotatable bonds is 6. The van der Waals surface area contributed by atoms with Gasteiger partial charge in [0.1, 0.15) is 5.76 Å². The zero-order valence-corrected chi connectivity index (χ0v) is 13.7. The summed E-state index contributed by atoms with van der Waals surface area (Å²) in [5, 5.41) is 14.9. The molecular formula is C17H21N3O4. The van der Waals surface area contributed by atoms with Gasteiger partial charge in [-0.15, -0.1) is 0 Å². The molecule has 0 aliphatic rings. The quantitative estimate of drug-likeness (QED) is 0.681. The van der Waals surface area contributed by atoms with Gasteiger partial charge >= 0.3 is 11.8 Å². The zero-order valence-electron chi connectivity index (χ0n) is 13.7. The number of nitrogens with one attached hydrogen (secondary N) is 2. The van der Waals surface area contributed by atoms with Crippen molar-refractivity contribution in [3.63, 3.8) is 0 Å². The first kappa shape index (κ1) is 17.6. The Hall–Kier alpha value is -2.80. The van der Waals surface area contributed by atoms with E-state index in [0.717, 1.165) is 5.69 Å². The second kappa shape index (κ2) is 8.16. The Kier molecular flexibility index (Phi) is 5.97. The molecule has 0 spiro atoms. The van der Waals surface area contributed by atoms with Crippen LogP contribution in [0, 0.1) is 0 Å². The van der Waals surface area contributed by atoms with Gasteiger partial charge in [-0.2, -0.15) is 0 Å². The van der Waals surface area contributed by atoms with Crippen LogP contribution in [-0.4, -0.2) is 37.6 Å². The van der Waals surface area contributed by atoms with Crippen molar-refractivity contribution in [3.05, 3.63) is 54.0 Å². The van der Waals surface area contributed by atoms with Crippen molar-refractivity contribution in [2.45, 2.75) is 12.6 Å². The molecule has 2 aromatic rings. The van der Waals surface area contributed by atoms with E-state index in [-0.39, 0.29) is 13.1 Å². The average Bonchev–Trinajstić information content (AvgIpc) is 3.10. The summed E-state index contributed by atoms with van der Waals surface area (Å²) < 4.78 is 5.06. The third-order valence-electron chi connectivity index (χ3n) is 3.46. The number of nitrogens with zero attached hydrogens (tertiary/aromatic N) is 1. The number of hydrogen-bond donors (Lipinski definition) is 3. The summed E-state index contributed by atoms with van der Waals surface area (Å²) in [6.07, 6.45) is 0.600. The van der Waals surface area contributed by atoms with Crippen LogP contribution in [0.25, 0.3) is 0 Å². The van der Waals surface area contributed by atoms with E-state index in [1.165, 1.54) is 6.26 Å². The van der Waals surface area contributed by atoms with Crippen molar-refractivity contribution in [1.29, 1.82) is 0 Å². The van der Waals surface area contributed by atoms with E-state index in [9.17, 15) is 14.7 Å². The molecule has 7 heteroatoms. The lowest BCUT2D eigenvalue weighted by atomic mass is 10.1. The minimum absolute atomic E-state index is 0.0473. The Labute approximate surface area is 140 Å². The lowest BCUT2D eigenvalue weighted by molar-refractivity contribution is -0.139. The van der Waals surface area contributed by atoms with Crippen LogP contribution in [0.1, 0.15) is 17.4 Å². The van der Waals surface area contributed by atoms with Crippen molar-refractivity contribution in [3.8, 4) is 0 Å². The maximum Gasteiger partial charge on any atom is 0.309 e. The van der Waals surface area contributed by atoms with Gasteiger partial charge in [-0.05, 0) is 29.8 Å². The maximum atomic E-state index is 11.7. The first-order valence-electron chi connectivity index (χ1n) is 7.51. The molecule has 0 saturated carbocycles. The summed E-state index contributed by atoms with van der Waals surface area (Å²) in [4.78, 5) is 25.3. The van der Waals surface area contributed by atoms with Gasteiger partial charge in [0.05, 0.1) is 18.9 Å². The topological polar surface area (TPSA) is 94.8 Å². The van der Waals surface area contributed by atoms with E-state index in [1.807, 2.05) is 31.1 Å². The molecule has 2 rings (SSSR count). The van der Waals surface area contributed by atoms with Crippen LogP contribution in [0.5, 0.6) is 0 Å². The molecule has 0 saturated heterocycles. The fraction of sp³-hybridized carbons (Fsp3) is 0.294. The van der Waals surface area contributed by atoms with Crippen molar-refractivity contribution in [2.24, 2.45) is 0 Å². The zero-order chi connectivity index (χ0) is 17.5. The number of benzene rings is 1. The Morgan fingerprint density at radius 3 is 2.38 bits per heavy atom. The van der Waals surface area contributed by atoms with Crippen molar-refractivity contribution >= 4 is 17.5 Å². The summed E-state index contributed by atoms with van der Waals surface area (Å²) in [6, 6.07) is 10.7. The third-order valence-corrected chi connectivity index (χ3v) is 3.46. The fourth-order valence-electron chi connectivity index (χ4n) is 2.04. The Morgan fingerprint density at radius 1 is 1.12 bits per heavy atom. The lowest BCUT2D eigenvalue weighted by Crippen LogP contribution is -2.41. The van der Waals surface area contributed by atoms with E-state index >= 15 is 0 Å². The highest BCUT2D eigenvalue weighted by molar-refractivity contribution is 6.35. The van der Waals surface area contributed by atoms with Gasteiger partial charge in [0.15, 0.2) is 0 Å². The van der Waals surface area contributed by atoms with Crippen LogP contribution in [0.3, 0.4) is 0 Å². The summed E-state index contributed by atoms with van der Waals surface area (Å²) in [5.41, 5.74) is 1.67. The second-order valence-corrected chi connectivity index (χ2v) is 5.47. The molecule has 0 fully saturated rings. The highest BCUT2D eigenvalue weighted by atomic mass is 16.3. The molecule has 0 aliphatic heterocycles. The highest BCUT2D eigenvalue weighted by Gasteiger charge is 2.16. The Balaban J connectivity index is 1.78. The number of hydrogen-bond acceptors (Lipinski definition) is 5. The van der Waals surface area contributed by atoms with Gasteiger partial charge in [0.2, 0.25) is 0 Å². The molecule has 0 radical (unpaired) electrons. The van der Waals surface area contributed by atoms with Crippen molar-refractivity contribution < 1.29 is 19.1 Å². The third kappa shape index (κ3) is 4.85. The van der Waals surface area contributed by atoms with E-state index < -0.39 is 17.9 Å². The van der Waals surface area contributed by atoms with Crippen LogP contribution in [-0.2, 0) is 16.1 Å². The summed E-state index contributed by atoms with van der Waals surface area (Å²) in [6.45, 7) is 0.0854. The SMILES string of the molecule is CN(C)c1ccc(C(O)CNC(=O)C(=O)NCc2ccco2)cc1. The van der Waals surface area contributed by atoms with Crippen LogP contribution < -0.4 is 15.5 Å². The standard InChI is InChI=1S/C17H21N3O4/c1-20(2)13-7-5-12(6-8-13)15(21)11-19-17(23)16(22)18-10-14-4-3-9-24-14/h3-9,15,21H,10-11H2,1-2H3,(H,18,22)(H,19,23). The normalized spacial score (nSPS) is 11.6. The minimum atomic E-state index is -0.886. The smallest absolute Gasteiger partial charge is 0.309 e. The van der Waals surface area contributed by atoms with Gasteiger partial charge in [0.25, 0.3) is 0 Å². The summed E-state index contributed by atoms with van der Waals surface area (Å²) >= 11 is 0. The molecule has 24 heavy (non-hydrogen) atoms. The molecule has 1 aromatic heterocycles. The molecule has 1 atom stereocenters. The van der Waals surface area contributed by atoms with Crippen molar-refractivity contribution in [2.75, 3.05) is 25.5 Å². The Morgan fingerprint density at radius 2 is 1.79 bits per heavy atom. The molecule has 7 nitrogen and oxygen atoms in total. The first-order chi connectivity index (χ1) is 11.5. The average molecular weight is 331 g/mol. The molecule has 0 bridgehead atoms. The molecule has 1 unspecified atom stereocenters. The fourth-order valence-corrected chi connectivity index (χ4v) is 2.04. The number of amides is 2. The minimum Gasteiger partial charge on any atom is -0.467 e. The van der Waals surface area contributed by atoms with Gasteiger partial charge in [-0.1, -0.05) is 12.1 Å². The molecule has 1 aromatic carbocycles. The van der Waals surface area contributed by atoms with Crippen LogP contribution in [0.15, 0.2) is 47.1 Å². The highest BCUT2D eigenvalue weighted by Crippen LogP contribution is 2.17. The monoisotopic (exact) mass is 331 g/mol. The van der Waals surface area contributed by atoms with Gasteiger partial charge in [-0.3, -0.25) is 9.59 Å². The molecule has 2 amide bonds. The van der Waals surface area contributed by atoms with Crippen LogP contribution >= 0.6 is 0 Å². The molecule has 0 aliphatic carbocycles. The van der Waals surface area contributed by atoms with Gasteiger partial charge in [0, 0.05) is 26.3 Å². The number of aliphatic hydroxyl groups is 1. The molecule has 1 heterocycles. The van der Waals surface area contributed by atoms with Crippen molar-refractivity contribution in [1.82, 2.24) is 10.6 Å². The lowest BCUT2D eigenvalue weighted by Gasteiger charge is -2.15. The number of aliphatic hydroxyl groups excluding tert-OH is 1. The molecule has 3 N–H and O–H groups in total. The Bertz CT molecular complexity index is 666. The van der Waals surface area contributed by atoms with E-state index in [0.29, 0.717) is 11.3 Å². The first-order valence-corrected chi connectivity index (χ1v) is 7.51. The van der Waals surface area contributed by atoms with Gasteiger partial charge < -0.3 is 25.1 Å².